The molecule has 2 aromatic rings. The van der Waals surface area contributed by atoms with Crippen molar-refractivity contribution < 1.29 is 27.5 Å². The zero-order chi connectivity index (χ0) is 21.6. The molecule has 0 atom stereocenters. The number of aryl methyl sites for hydroxylation is 1. The summed E-state index contributed by atoms with van der Waals surface area (Å²) < 4.78 is 43.9. The summed E-state index contributed by atoms with van der Waals surface area (Å²) in [4.78, 5) is 28.0. The predicted octanol–water partition coefficient (Wildman–Crippen LogP) is 5.45. The molecule has 0 spiro atoms. The van der Waals surface area contributed by atoms with Crippen LogP contribution in [0.3, 0.4) is 0 Å². The number of halogens is 4. The number of pyridine rings is 1. The highest BCUT2D eigenvalue weighted by Crippen LogP contribution is 2.36. The van der Waals surface area contributed by atoms with Crippen molar-refractivity contribution in [2.24, 2.45) is 0 Å². The van der Waals surface area contributed by atoms with Crippen LogP contribution in [0.25, 0.3) is 0 Å². The van der Waals surface area contributed by atoms with Gasteiger partial charge in [-0.15, -0.1) is 0 Å². The largest absolute Gasteiger partial charge is 0.494 e. The molecule has 0 radical (unpaired) electrons. The van der Waals surface area contributed by atoms with E-state index in [2.05, 4.69) is 10.3 Å². The Bertz CT molecular complexity index is 901. The molecule has 1 N–H and O–H groups in total. The Hall–Kier alpha value is -2.61. The third-order valence-electron chi connectivity index (χ3n) is 3.92. The van der Waals surface area contributed by atoms with Gasteiger partial charge in [0.15, 0.2) is 5.78 Å². The van der Waals surface area contributed by atoms with Gasteiger partial charge in [0, 0.05) is 24.1 Å². The normalized spacial score (nSPS) is 11.2. The van der Waals surface area contributed by atoms with Crippen LogP contribution in [0.2, 0.25) is 5.02 Å². The van der Waals surface area contributed by atoms with Gasteiger partial charge in [0.25, 0.3) is 0 Å². The molecule has 0 aliphatic heterocycles. The summed E-state index contributed by atoms with van der Waals surface area (Å²) in [5.41, 5.74) is 0.00996. The van der Waals surface area contributed by atoms with E-state index < -0.39 is 16.8 Å². The number of hydrogen-bond donors (Lipinski definition) is 1. The average Bonchev–Trinajstić information content (AvgIpc) is 2.64. The molecule has 1 heterocycles. The number of alkyl halides is 3. The van der Waals surface area contributed by atoms with Gasteiger partial charge in [-0.2, -0.15) is 13.2 Å². The van der Waals surface area contributed by atoms with Crippen molar-refractivity contribution >= 4 is 29.1 Å². The molecule has 0 unspecified atom stereocenters. The third-order valence-corrected chi connectivity index (χ3v) is 4.25. The number of nitrogens with one attached hydrogen (secondary N) is 1. The number of Topliss-reactive ketones (excluding diaryl/α,β-unsaturated/α-hetero) is 1. The van der Waals surface area contributed by atoms with Crippen LogP contribution in [0.1, 0.15) is 47.8 Å². The van der Waals surface area contributed by atoms with Crippen LogP contribution in [0.15, 0.2) is 30.3 Å². The molecule has 2 rings (SSSR count). The fourth-order valence-electron chi connectivity index (χ4n) is 2.50. The second kappa shape index (κ2) is 9.73. The van der Waals surface area contributed by atoms with E-state index in [0.717, 1.165) is 12.1 Å². The molecular weight excluding hydrogens is 409 g/mol. The third kappa shape index (κ3) is 6.74. The number of nitrogens with zero attached hydrogens (tertiary/aromatic N) is 1. The van der Waals surface area contributed by atoms with E-state index in [4.69, 9.17) is 16.3 Å². The van der Waals surface area contributed by atoms with E-state index in [1.807, 2.05) is 0 Å². The number of ketones is 1. The number of anilines is 1. The smallest absolute Gasteiger partial charge is 0.417 e. The van der Waals surface area contributed by atoms with Gasteiger partial charge >= 0.3 is 6.18 Å². The van der Waals surface area contributed by atoms with Gasteiger partial charge in [-0.1, -0.05) is 18.5 Å². The van der Waals surface area contributed by atoms with Gasteiger partial charge in [-0.25, -0.2) is 4.98 Å². The molecular formula is C20H20ClF3N2O3. The monoisotopic (exact) mass is 428 g/mol. The van der Waals surface area contributed by atoms with E-state index in [-0.39, 0.29) is 36.9 Å². The lowest BCUT2D eigenvalue weighted by atomic mass is 10.1. The molecule has 0 aliphatic rings. The minimum atomic E-state index is -4.57. The lowest BCUT2D eigenvalue weighted by Gasteiger charge is -2.12. The summed E-state index contributed by atoms with van der Waals surface area (Å²) in [5.74, 6) is -0.0648. The highest BCUT2D eigenvalue weighted by molar-refractivity contribution is 6.31. The topological polar surface area (TPSA) is 68.3 Å². The fourth-order valence-corrected chi connectivity index (χ4v) is 2.73. The Kier molecular flexibility index (Phi) is 7.61. The van der Waals surface area contributed by atoms with Gasteiger partial charge in [-0.05, 0) is 43.7 Å². The molecule has 9 heteroatoms. The lowest BCUT2D eigenvalue weighted by Crippen LogP contribution is -2.12. The first-order valence-corrected chi connectivity index (χ1v) is 9.29. The van der Waals surface area contributed by atoms with Gasteiger partial charge in [0.05, 0.1) is 17.2 Å². The molecule has 1 aromatic heterocycles. The van der Waals surface area contributed by atoms with Crippen molar-refractivity contribution in [3.05, 3.63) is 52.2 Å². The van der Waals surface area contributed by atoms with E-state index in [1.165, 1.54) is 12.1 Å². The number of aromatic nitrogens is 1. The summed E-state index contributed by atoms with van der Waals surface area (Å²) in [6, 6.07) is 6.41. The zero-order valence-corrected chi connectivity index (χ0v) is 16.7. The van der Waals surface area contributed by atoms with Crippen LogP contribution in [0.5, 0.6) is 5.75 Å². The predicted molar refractivity (Wildman–Crippen MR) is 103 cm³/mol. The van der Waals surface area contributed by atoms with Crippen LogP contribution in [0.4, 0.5) is 19.0 Å². The molecule has 0 aliphatic carbocycles. The van der Waals surface area contributed by atoms with Gasteiger partial charge in [0.1, 0.15) is 11.6 Å². The van der Waals surface area contributed by atoms with Crippen LogP contribution < -0.4 is 10.1 Å². The second-order valence-corrected chi connectivity index (χ2v) is 6.71. The highest BCUT2D eigenvalue weighted by atomic mass is 35.5. The maximum absolute atomic E-state index is 12.9. The second-order valence-electron chi connectivity index (χ2n) is 6.30. The first-order valence-electron chi connectivity index (χ1n) is 8.91. The molecule has 156 valence electrons. The molecule has 0 bridgehead atoms. The number of hydrogen-bond acceptors (Lipinski definition) is 4. The number of ether oxygens (including phenoxy) is 1. The first kappa shape index (κ1) is 22.7. The fraction of sp³-hybridized carbons (Fsp3) is 0.350. The van der Waals surface area contributed by atoms with Crippen LogP contribution in [0, 0.1) is 6.92 Å². The Morgan fingerprint density at radius 1 is 1.21 bits per heavy atom. The minimum absolute atomic E-state index is 0.0264. The van der Waals surface area contributed by atoms with E-state index in [1.54, 1.807) is 19.9 Å². The SMILES string of the molecule is CCC(=O)Nc1cc(C(=O)CCCOc2ccc(Cl)c(C(F)(F)F)c2)cc(C)n1. The minimum Gasteiger partial charge on any atom is -0.494 e. The average molecular weight is 429 g/mol. The number of rotatable bonds is 8. The summed E-state index contributed by atoms with van der Waals surface area (Å²) in [6.07, 6.45) is -3.85. The molecule has 5 nitrogen and oxygen atoms in total. The molecule has 29 heavy (non-hydrogen) atoms. The van der Waals surface area contributed by atoms with Crippen LogP contribution in [-0.2, 0) is 11.0 Å². The maximum Gasteiger partial charge on any atom is 0.417 e. The number of carbonyl (C=O) groups is 2. The molecule has 0 saturated carbocycles. The van der Waals surface area contributed by atoms with Crippen molar-refractivity contribution in [2.75, 3.05) is 11.9 Å². The van der Waals surface area contributed by atoms with E-state index >= 15 is 0 Å². The first-order chi connectivity index (χ1) is 13.6. The quantitative estimate of drug-likeness (QED) is 0.448. The summed E-state index contributed by atoms with van der Waals surface area (Å²) in [6.45, 7) is 3.48. The number of amides is 1. The van der Waals surface area contributed by atoms with Crippen molar-refractivity contribution in [3.63, 3.8) is 0 Å². The zero-order valence-electron chi connectivity index (χ0n) is 15.9. The number of carbonyl (C=O) groups excluding carboxylic acids is 2. The molecule has 1 amide bonds. The van der Waals surface area contributed by atoms with Crippen molar-refractivity contribution in [2.45, 2.75) is 39.3 Å². The van der Waals surface area contributed by atoms with Crippen molar-refractivity contribution in [3.8, 4) is 5.75 Å². The van der Waals surface area contributed by atoms with Gasteiger partial charge in [0.2, 0.25) is 5.91 Å². The summed E-state index contributed by atoms with van der Waals surface area (Å²) in [7, 11) is 0. The lowest BCUT2D eigenvalue weighted by molar-refractivity contribution is -0.137. The Labute approximate surface area is 171 Å². The maximum atomic E-state index is 12.9. The van der Waals surface area contributed by atoms with Gasteiger partial charge < -0.3 is 10.1 Å². The molecule has 0 fully saturated rings. The van der Waals surface area contributed by atoms with E-state index in [9.17, 15) is 22.8 Å². The Morgan fingerprint density at radius 2 is 1.93 bits per heavy atom. The number of benzene rings is 1. The van der Waals surface area contributed by atoms with Gasteiger partial charge in [-0.3, -0.25) is 9.59 Å². The van der Waals surface area contributed by atoms with Crippen LogP contribution in [-0.4, -0.2) is 23.3 Å². The Balaban J connectivity index is 1.93. The molecule has 1 aromatic carbocycles. The Morgan fingerprint density at radius 3 is 2.59 bits per heavy atom. The standard InChI is InChI=1S/C20H20ClF3N2O3/c1-3-19(28)26-18-10-13(9-12(2)25-18)17(27)5-4-8-29-14-6-7-16(21)15(11-14)20(22,23)24/h6-7,9-11H,3-5,8H2,1-2H3,(H,25,26,28). The van der Waals surface area contributed by atoms with E-state index in [0.29, 0.717) is 23.5 Å². The molecule has 0 saturated heterocycles. The highest BCUT2D eigenvalue weighted by Gasteiger charge is 2.33. The van der Waals surface area contributed by atoms with Crippen molar-refractivity contribution in [1.29, 1.82) is 0 Å². The summed E-state index contributed by atoms with van der Waals surface area (Å²) in [5, 5.41) is 2.21. The van der Waals surface area contributed by atoms with Crippen molar-refractivity contribution in [1.82, 2.24) is 4.98 Å². The summed E-state index contributed by atoms with van der Waals surface area (Å²) >= 11 is 5.57. The van der Waals surface area contributed by atoms with Crippen LogP contribution >= 0.6 is 11.6 Å².